The maximum absolute atomic E-state index is 4.33. The Morgan fingerprint density at radius 2 is 1.96 bits per heavy atom. The van der Waals surface area contributed by atoms with E-state index in [-0.39, 0.29) is 0 Å². The molecule has 0 aliphatic carbocycles. The highest BCUT2D eigenvalue weighted by atomic mass is 15.3. The van der Waals surface area contributed by atoms with Gasteiger partial charge in [-0.05, 0) is 29.3 Å². The highest BCUT2D eigenvalue weighted by Crippen LogP contribution is 2.07. The molecule has 2 N–H and O–H groups in total. The van der Waals surface area contributed by atoms with E-state index in [0.717, 1.165) is 37.7 Å². The molecular weight excluding hydrogens is 324 g/mol. The summed E-state index contributed by atoms with van der Waals surface area (Å²) in [6.45, 7) is 2.28. The fourth-order valence-electron chi connectivity index (χ4n) is 2.68. The van der Waals surface area contributed by atoms with Crippen LogP contribution in [0, 0.1) is 0 Å². The number of nitrogens with one attached hydrogen (secondary N) is 2. The normalized spacial score (nSPS) is 11.3. The molecule has 2 heterocycles. The Balaban J connectivity index is 1.47. The van der Waals surface area contributed by atoms with E-state index in [2.05, 4.69) is 50.0 Å². The van der Waals surface area contributed by atoms with Crippen LogP contribution < -0.4 is 10.6 Å². The molecule has 26 heavy (non-hydrogen) atoms. The number of rotatable bonds is 7. The molecule has 1 aromatic carbocycles. The molecule has 0 radical (unpaired) electrons. The summed E-state index contributed by atoms with van der Waals surface area (Å²) >= 11 is 0. The van der Waals surface area contributed by atoms with Crippen LogP contribution in [0.15, 0.2) is 72.1 Å². The first-order valence-electron chi connectivity index (χ1n) is 8.73. The summed E-state index contributed by atoms with van der Waals surface area (Å²) in [7, 11) is 1.78. The zero-order chi connectivity index (χ0) is 18.0. The quantitative estimate of drug-likeness (QED) is 0.508. The Morgan fingerprint density at radius 1 is 1.04 bits per heavy atom. The van der Waals surface area contributed by atoms with Gasteiger partial charge in [0.25, 0.3) is 0 Å². The number of aliphatic imine (C=N–C) groups is 1. The highest BCUT2D eigenvalue weighted by Gasteiger charge is 2.01. The second kappa shape index (κ2) is 9.36. The van der Waals surface area contributed by atoms with E-state index in [1.165, 1.54) is 11.1 Å². The smallest absolute Gasteiger partial charge is 0.191 e. The Kier molecular flexibility index (Phi) is 6.36. The van der Waals surface area contributed by atoms with Gasteiger partial charge in [-0.25, -0.2) is 0 Å². The zero-order valence-corrected chi connectivity index (χ0v) is 15.0. The van der Waals surface area contributed by atoms with E-state index in [1.807, 2.05) is 41.3 Å². The second-order valence-electron chi connectivity index (χ2n) is 5.95. The van der Waals surface area contributed by atoms with E-state index in [1.54, 1.807) is 13.2 Å². The minimum atomic E-state index is 0.718. The third kappa shape index (κ3) is 5.44. The summed E-state index contributed by atoms with van der Waals surface area (Å²) in [4.78, 5) is 8.61. The fourth-order valence-corrected chi connectivity index (χ4v) is 2.68. The lowest BCUT2D eigenvalue weighted by Gasteiger charge is -2.12. The lowest BCUT2D eigenvalue weighted by molar-refractivity contribution is 0.685. The van der Waals surface area contributed by atoms with Crippen LogP contribution in [0.2, 0.25) is 0 Å². The van der Waals surface area contributed by atoms with Crippen molar-refractivity contribution in [3.63, 3.8) is 0 Å². The van der Waals surface area contributed by atoms with E-state index >= 15 is 0 Å². The molecule has 134 valence electrons. The van der Waals surface area contributed by atoms with Crippen molar-refractivity contribution < 1.29 is 0 Å². The minimum absolute atomic E-state index is 0.718. The summed E-state index contributed by atoms with van der Waals surface area (Å²) in [5.74, 6) is 0.790. The van der Waals surface area contributed by atoms with Crippen molar-refractivity contribution in [2.24, 2.45) is 4.99 Å². The number of hydrogen-bond donors (Lipinski definition) is 2. The summed E-state index contributed by atoms with van der Waals surface area (Å²) < 4.78 is 1.92. The summed E-state index contributed by atoms with van der Waals surface area (Å²) in [5, 5.41) is 10.9. The van der Waals surface area contributed by atoms with Crippen LogP contribution >= 0.6 is 0 Å². The fraction of sp³-hybridized carbons (Fsp3) is 0.250. The largest absolute Gasteiger partial charge is 0.356 e. The van der Waals surface area contributed by atoms with E-state index < -0.39 is 0 Å². The zero-order valence-electron chi connectivity index (χ0n) is 15.0. The molecule has 0 amide bonds. The third-order valence-electron chi connectivity index (χ3n) is 3.98. The monoisotopic (exact) mass is 348 g/mol. The topological polar surface area (TPSA) is 67.1 Å². The molecule has 0 fully saturated rings. The molecule has 0 atom stereocenters. The number of nitrogens with zero attached hydrogens (tertiary/aromatic N) is 4. The molecule has 3 aromatic rings. The van der Waals surface area contributed by atoms with Crippen molar-refractivity contribution in [1.82, 2.24) is 25.4 Å². The molecule has 6 nitrogen and oxygen atoms in total. The average Bonchev–Trinajstić information content (AvgIpc) is 3.18. The van der Waals surface area contributed by atoms with Crippen LogP contribution in [0.1, 0.15) is 16.8 Å². The van der Waals surface area contributed by atoms with Crippen molar-refractivity contribution in [2.75, 3.05) is 13.6 Å². The molecule has 0 saturated carbocycles. The summed E-state index contributed by atoms with van der Waals surface area (Å²) in [6, 6.07) is 16.4. The number of benzene rings is 1. The van der Waals surface area contributed by atoms with Crippen molar-refractivity contribution >= 4 is 5.96 Å². The Morgan fingerprint density at radius 3 is 2.73 bits per heavy atom. The van der Waals surface area contributed by atoms with Gasteiger partial charge in [-0.2, -0.15) is 5.10 Å². The summed E-state index contributed by atoms with van der Waals surface area (Å²) in [6.07, 6.45) is 6.45. The lowest BCUT2D eigenvalue weighted by atomic mass is 10.1. The number of pyridine rings is 1. The number of aromatic nitrogens is 3. The molecule has 0 saturated heterocycles. The van der Waals surface area contributed by atoms with Crippen molar-refractivity contribution in [3.05, 3.63) is 83.9 Å². The van der Waals surface area contributed by atoms with Crippen LogP contribution in [-0.2, 0) is 19.5 Å². The van der Waals surface area contributed by atoms with Gasteiger partial charge in [0.1, 0.15) is 0 Å². The molecule has 0 spiro atoms. The van der Waals surface area contributed by atoms with E-state index in [4.69, 9.17) is 0 Å². The van der Waals surface area contributed by atoms with Gasteiger partial charge in [0.05, 0.1) is 6.54 Å². The van der Waals surface area contributed by atoms with Gasteiger partial charge >= 0.3 is 0 Å². The Bertz CT molecular complexity index is 811. The van der Waals surface area contributed by atoms with Crippen LogP contribution in [0.25, 0.3) is 0 Å². The van der Waals surface area contributed by atoms with Crippen LogP contribution in [-0.4, -0.2) is 34.3 Å². The lowest BCUT2D eigenvalue weighted by Crippen LogP contribution is -2.37. The maximum Gasteiger partial charge on any atom is 0.191 e. The van der Waals surface area contributed by atoms with Gasteiger partial charge in [0.2, 0.25) is 0 Å². The average molecular weight is 348 g/mol. The van der Waals surface area contributed by atoms with Crippen molar-refractivity contribution in [2.45, 2.75) is 19.5 Å². The number of guanidine groups is 1. The predicted molar refractivity (Wildman–Crippen MR) is 104 cm³/mol. The van der Waals surface area contributed by atoms with Gasteiger partial charge in [-0.15, -0.1) is 0 Å². The first kappa shape index (κ1) is 17.7. The summed E-state index contributed by atoms with van der Waals surface area (Å²) in [5.41, 5.74) is 3.51. The molecular formula is C20H24N6. The second-order valence-corrected chi connectivity index (χ2v) is 5.95. The molecule has 0 aliphatic rings. The molecule has 0 bridgehead atoms. The van der Waals surface area contributed by atoms with Gasteiger partial charge in [-0.3, -0.25) is 14.7 Å². The Hall–Kier alpha value is -3.15. The van der Waals surface area contributed by atoms with Crippen LogP contribution in [0.3, 0.4) is 0 Å². The van der Waals surface area contributed by atoms with Crippen molar-refractivity contribution in [1.29, 1.82) is 0 Å². The first-order chi connectivity index (χ1) is 12.8. The van der Waals surface area contributed by atoms with Crippen LogP contribution in [0.4, 0.5) is 0 Å². The van der Waals surface area contributed by atoms with Gasteiger partial charge < -0.3 is 10.6 Å². The third-order valence-corrected chi connectivity index (χ3v) is 3.98. The highest BCUT2D eigenvalue weighted by molar-refractivity contribution is 5.79. The SMILES string of the molecule is CN=C(NCCc1ccccn1)NCc1cccc(Cn2cccn2)c1. The van der Waals surface area contributed by atoms with Gasteiger partial charge in [0, 0.05) is 50.8 Å². The first-order valence-corrected chi connectivity index (χ1v) is 8.73. The number of hydrogen-bond acceptors (Lipinski definition) is 3. The van der Waals surface area contributed by atoms with Crippen LogP contribution in [0.5, 0.6) is 0 Å². The molecule has 3 rings (SSSR count). The van der Waals surface area contributed by atoms with Gasteiger partial charge in [0.15, 0.2) is 5.96 Å². The van der Waals surface area contributed by atoms with Crippen molar-refractivity contribution in [3.8, 4) is 0 Å². The molecule has 0 unspecified atom stereocenters. The van der Waals surface area contributed by atoms with E-state index in [9.17, 15) is 0 Å². The maximum atomic E-state index is 4.33. The van der Waals surface area contributed by atoms with E-state index in [0.29, 0.717) is 0 Å². The Labute approximate surface area is 154 Å². The minimum Gasteiger partial charge on any atom is -0.356 e. The van der Waals surface area contributed by atoms with Gasteiger partial charge in [-0.1, -0.05) is 30.3 Å². The molecule has 0 aliphatic heterocycles. The standard InChI is InChI=1S/C20H24N6/c1-21-20(23-12-9-19-8-2-3-10-22-19)24-15-17-6-4-7-18(14-17)16-26-13-5-11-25-26/h2-8,10-11,13-14H,9,12,15-16H2,1H3,(H2,21,23,24). The molecule has 2 aromatic heterocycles. The predicted octanol–water partition coefficient (Wildman–Crippen LogP) is 2.23. The molecule has 6 heteroatoms.